The molecule has 1 aromatic heterocycles. The van der Waals surface area contributed by atoms with Gasteiger partial charge in [0.1, 0.15) is 11.6 Å². The molecule has 0 aromatic carbocycles. The molecule has 0 saturated carbocycles. The smallest absolute Gasteiger partial charge is 0.236 e. The molecule has 0 spiro atoms. The molecule has 3 rings (SSSR count). The predicted octanol–water partition coefficient (Wildman–Crippen LogP) is 2.43. The highest BCUT2D eigenvalue weighted by molar-refractivity contribution is 5.78. The number of anilines is 1. The molecule has 0 aliphatic carbocycles. The zero-order valence-corrected chi connectivity index (χ0v) is 16.7. The zero-order chi connectivity index (χ0) is 18.7. The van der Waals surface area contributed by atoms with E-state index in [4.69, 9.17) is 4.98 Å². The first kappa shape index (κ1) is 19.1. The monoisotopic (exact) mass is 359 g/mol. The Morgan fingerprint density at radius 3 is 2.65 bits per heavy atom. The van der Waals surface area contributed by atoms with Crippen LogP contribution < -0.4 is 4.90 Å². The van der Waals surface area contributed by atoms with Crippen LogP contribution in [0.25, 0.3) is 0 Å². The van der Waals surface area contributed by atoms with Crippen molar-refractivity contribution in [3.8, 4) is 0 Å². The molecule has 6 nitrogen and oxygen atoms in total. The third-order valence-electron chi connectivity index (χ3n) is 5.72. The first-order chi connectivity index (χ1) is 12.4. The van der Waals surface area contributed by atoms with Gasteiger partial charge in [-0.15, -0.1) is 0 Å². The van der Waals surface area contributed by atoms with E-state index in [0.717, 1.165) is 56.4 Å². The molecule has 2 aliphatic rings. The summed E-state index contributed by atoms with van der Waals surface area (Å²) in [6.07, 6.45) is 4.76. The molecule has 0 unspecified atom stereocenters. The summed E-state index contributed by atoms with van der Waals surface area (Å²) < 4.78 is 0. The van der Waals surface area contributed by atoms with E-state index in [-0.39, 0.29) is 11.9 Å². The number of aryl methyl sites for hydroxylation is 1. The fourth-order valence-corrected chi connectivity index (χ4v) is 3.92. The maximum absolute atomic E-state index is 12.4. The van der Waals surface area contributed by atoms with Crippen LogP contribution in [-0.2, 0) is 4.79 Å². The van der Waals surface area contributed by atoms with Crippen LogP contribution in [0.5, 0.6) is 0 Å². The summed E-state index contributed by atoms with van der Waals surface area (Å²) >= 11 is 0. The van der Waals surface area contributed by atoms with Crippen LogP contribution in [0.1, 0.15) is 57.0 Å². The summed E-state index contributed by atoms with van der Waals surface area (Å²) in [5.74, 6) is 2.54. The minimum absolute atomic E-state index is 0.206. The van der Waals surface area contributed by atoms with Crippen molar-refractivity contribution in [2.75, 3.05) is 44.7 Å². The molecule has 3 heterocycles. The van der Waals surface area contributed by atoms with Crippen LogP contribution in [0.3, 0.4) is 0 Å². The van der Waals surface area contributed by atoms with E-state index in [1.54, 1.807) is 0 Å². The Kier molecular flexibility index (Phi) is 6.12. The second-order valence-corrected chi connectivity index (χ2v) is 8.07. The lowest BCUT2D eigenvalue weighted by molar-refractivity contribution is -0.132. The number of amides is 1. The number of carbonyl (C=O) groups is 1. The Bertz CT molecular complexity index is 627. The van der Waals surface area contributed by atoms with Gasteiger partial charge < -0.3 is 9.80 Å². The fraction of sp³-hybridized carbons (Fsp3) is 0.750. The summed E-state index contributed by atoms with van der Waals surface area (Å²) in [6.45, 7) is 10.7. The predicted molar refractivity (Wildman–Crippen MR) is 105 cm³/mol. The van der Waals surface area contributed by atoms with E-state index in [0.29, 0.717) is 12.5 Å². The summed E-state index contributed by atoms with van der Waals surface area (Å²) in [4.78, 5) is 28.3. The molecule has 144 valence electrons. The average molecular weight is 360 g/mol. The molecule has 26 heavy (non-hydrogen) atoms. The second kappa shape index (κ2) is 8.33. The van der Waals surface area contributed by atoms with Crippen LogP contribution in [0.4, 0.5) is 5.82 Å². The van der Waals surface area contributed by atoms with Crippen molar-refractivity contribution >= 4 is 11.7 Å². The SMILES string of the molecule is Cc1nc([C@H]2CCCN(CC(=O)N(C)C(C)C)C2)cc(N2CCCC2)n1. The number of likely N-dealkylation sites (N-methyl/N-ethyl adjacent to an activating group) is 1. The molecule has 2 fully saturated rings. The standard InChI is InChI=1S/C20H33N5O/c1-15(2)23(4)20(26)14-24-9-7-8-17(13-24)18-12-19(22-16(3)21-18)25-10-5-6-11-25/h12,15,17H,5-11,13-14H2,1-4H3/t17-/m0/s1. The van der Waals surface area contributed by atoms with E-state index in [9.17, 15) is 4.79 Å². The van der Waals surface area contributed by atoms with Gasteiger partial charge in [0, 0.05) is 44.7 Å². The topological polar surface area (TPSA) is 52.6 Å². The van der Waals surface area contributed by atoms with Crippen LogP contribution in [0.2, 0.25) is 0 Å². The Morgan fingerprint density at radius 2 is 1.96 bits per heavy atom. The zero-order valence-electron chi connectivity index (χ0n) is 16.7. The number of rotatable bonds is 5. The van der Waals surface area contributed by atoms with E-state index in [1.165, 1.54) is 12.8 Å². The van der Waals surface area contributed by atoms with E-state index in [1.807, 2.05) is 18.9 Å². The largest absolute Gasteiger partial charge is 0.357 e. The third-order valence-corrected chi connectivity index (χ3v) is 5.72. The van der Waals surface area contributed by atoms with Crippen molar-refractivity contribution in [2.45, 2.75) is 58.4 Å². The van der Waals surface area contributed by atoms with Gasteiger partial charge >= 0.3 is 0 Å². The highest BCUT2D eigenvalue weighted by atomic mass is 16.2. The number of aromatic nitrogens is 2. The lowest BCUT2D eigenvalue weighted by atomic mass is 9.94. The number of piperidine rings is 1. The first-order valence-corrected chi connectivity index (χ1v) is 10.0. The molecule has 6 heteroatoms. The van der Waals surface area contributed by atoms with Crippen LogP contribution in [0, 0.1) is 6.92 Å². The van der Waals surface area contributed by atoms with Gasteiger partial charge in [0.15, 0.2) is 0 Å². The summed E-state index contributed by atoms with van der Waals surface area (Å²) in [5, 5.41) is 0. The van der Waals surface area contributed by atoms with Gasteiger partial charge in [0.25, 0.3) is 0 Å². The quantitative estimate of drug-likeness (QED) is 0.808. The van der Waals surface area contributed by atoms with Gasteiger partial charge in [-0.25, -0.2) is 9.97 Å². The molecule has 0 radical (unpaired) electrons. The first-order valence-electron chi connectivity index (χ1n) is 10.0. The Balaban J connectivity index is 1.68. The molecule has 1 amide bonds. The molecular formula is C20H33N5O. The summed E-state index contributed by atoms with van der Waals surface area (Å²) in [5.41, 5.74) is 1.15. The minimum atomic E-state index is 0.206. The molecule has 1 atom stereocenters. The van der Waals surface area contributed by atoms with E-state index in [2.05, 4.69) is 34.7 Å². The number of likely N-dealkylation sites (tertiary alicyclic amines) is 1. The molecular weight excluding hydrogens is 326 g/mol. The number of hydrogen-bond donors (Lipinski definition) is 0. The fourth-order valence-electron chi connectivity index (χ4n) is 3.92. The van der Waals surface area contributed by atoms with Gasteiger partial charge in [0.05, 0.1) is 12.2 Å². The lowest BCUT2D eigenvalue weighted by Crippen LogP contribution is -2.44. The Labute approximate surface area is 157 Å². The number of hydrogen-bond acceptors (Lipinski definition) is 5. The van der Waals surface area contributed by atoms with Crippen molar-refractivity contribution in [1.82, 2.24) is 19.8 Å². The molecule has 0 bridgehead atoms. The van der Waals surface area contributed by atoms with Crippen molar-refractivity contribution in [1.29, 1.82) is 0 Å². The van der Waals surface area contributed by atoms with Crippen molar-refractivity contribution < 1.29 is 4.79 Å². The Morgan fingerprint density at radius 1 is 1.23 bits per heavy atom. The van der Waals surface area contributed by atoms with Gasteiger partial charge in [-0.05, 0) is 53.0 Å². The van der Waals surface area contributed by atoms with Crippen molar-refractivity contribution in [3.05, 3.63) is 17.6 Å². The average Bonchev–Trinajstić information content (AvgIpc) is 3.15. The number of carbonyl (C=O) groups excluding carboxylic acids is 1. The minimum Gasteiger partial charge on any atom is -0.357 e. The molecule has 0 N–H and O–H groups in total. The second-order valence-electron chi connectivity index (χ2n) is 8.07. The highest BCUT2D eigenvalue weighted by Gasteiger charge is 2.26. The lowest BCUT2D eigenvalue weighted by Gasteiger charge is -2.34. The van der Waals surface area contributed by atoms with E-state index >= 15 is 0 Å². The number of nitrogens with zero attached hydrogens (tertiary/aromatic N) is 5. The van der Waals surface area contributed by atoms with Gasteiger partial charge in [-0.1, -0.05) is 0 Å². The molecule has 1 aromatic rings. The Hall–Kier alpha value is -1.69. The normalized spacial score (nSPS) is 21.4. The van der Waals surface area contributed by atoms with Gasteiger partial charge in [-0.3, -0.25) is 9.69 Å². The van der Waals surface area contributed by atoms with Crippen LogP contribution in [0.15, 0.2) is 6.07 Å². The van der Waals surface area contributed by atoms with Crippen molar-refractivity contribution in [2.24, 2.45) is 0 Å². The van der Waals surface area contributed by atoms with Crippen LogP contribution >= 0.6 is 0 Å². The van der Waals surface area contributed by atoms with Gasteiger partial charge in [0.2, 0.25) is 5.91 Å². The summed E-state index contributed by atoms with van der Waals surface area (Å²) in [6, 6.07) is 2.43. The van der Waals surface area contributed by atoms with Crippen LogP contribution in [-0.4, -0.2) is 71.5 Å². The molecule has 2 aliphatic heterocycles. The highest BCUT2D eigenvalue weighted by Crippen LogP contribution is 2.28. The van der Waals surface area contributed by atoms with Crippen molar-refractivity contribution in [3.63, 3.8) is 0 Å². The maximum Gasteiger partial charge on any atom is 0.236 e. The third kappa shape index (κ3) is 4.53. The maximum atomic E-state index is 12.4. The van der Waals surface area contributed by atoms with E-state index < -0.39 is 0 Å². The summed E-state index contributed by atoms with van der Waals surface area (Å²) in [7, 11) is 1.89. The van der Waals surface area contributed by atoms with Gasteiger partial charge in [-0.2, -0.15) is 0 Å². The molecule has 2 saturated heterocycles.